The zero-order chi connectivity index (χ0) is 13.1. The van der Waals surface area contributed by atoms with Gasteiger partial charge in [0, 0.05) is 13.7 Å². The molecule has 0 aliphatic carbocycles. The minimum absolute atomic E-state index is 0.591. The number of hydrogen-bond acceptors (Lipinski definition) is 3. The van der Waals surface area contributed by atoms with Gasteiger partial charge in [-0.25, -0.2) is 0 Å². The molecule has 0 aliphatic heterocycles. The molecule has 0 unspecified atom stereocenters. The Morgan fingerprint density at radius 2 is 1.33 bits per heavy atom. The van der Waals surface area contributed by atoms with Crippen molar-refractivity contribution in [2.24, 2.45) is 0 Å². The highest BCUT2D eigenvalue weighted by Gasteiger charge is 1.92. The van der Waals surface area contributed by atoms with E-state index >= 15 is 0 Å². The van der Waals surface area contributed by atoms with Gasteiger partial charge in [0.15, 0.2) is 0 Å². The molecule has 0 spiro atoms. The van der Waals surface area contributed by atoms with Gasteiger partial charge in [-0.05, 0) is 11.1 Å². The van der Waals surface area contributed by atoms with E-state index in [1.165, 1.54) is 11.1 Å². The molecule has 0 saturated carbocycles. The summed E-state index contributed by atoms with van der Waals surface area (Å²) in [5.41, 5.74) is 5.34. The molecule has 96 valence electrons. The van der Waals surface area contributed by atoms with Crippen molar-refractivity contribution in [2.45, 2.75) is 13.2 Å². The predicted molar refractivity (Wildman–Crippen MR) is 72.7 cm³/mol. The predicted octanol–water partition coefficient (Wildman–Crippen LogP) is 2.52. The second-order valence-corrected chi connectivity index (χ2v) is 3.58. The number of aliphatic hydroxyl groups is 1. The lowest BCUT2D eigenvalue weighted by Gasteiger charge is -2.05. The molecular formula is C15H19NO2. The first-order chi connectivity index (χ1) is 8.95. The van der Waals surface area contributed by atoms with E-state index in [2.05, 4.69) is 17.6 Å². The second-order valence-electron chi connectivity index (χ2n) is 3.58. The van der Waals surface area contributed by atoms with E-state index in [-0.39, 0.29) is 0 Å². The average molecular weight is 245 g/mol. The van der Waals surface area contributed by atoms with Gasteiger partial charge in [-0.15, -0.1) is 0 Å². The zero-order valence-electron chi connectivity index (χ0n) is 10.5. The number of hydrogen-bond donors (Lipinski definition) is 2. The fourth-order valence-corrected chi connectivity index (χ4v) is 1.44. The van der Waals surface area contributed by atoms with Crippen molar-refractivity contribution in [3.05, 3.63) is 71.8 Å². The van der Waals surface area contributed by atoms with E-state index in [1.807, 2.05) is 48.5 Å². The minimum Gasteiger partial charge on any atom is -0.400 e. The summed E-state index contributed by atoms with van der Waals surface area (Å²) >= 11 is 0. The van der Waals surface area contributed by atoms with Crippen LogP contribution >= 0.6 is 0 Å². The Morgan fingerprint density at radius 1 is 0.833 bits per heavy atom. The van der Waals surface area contributed by atoms with Crippen molar-refractivity contribution in [3.63, 3.8) is 0 Å². The molecule has 18 heavy (non-hydrogen) atoms. The van der Waals surface area contributed by atoms with Gasteiger partial charge in [-0.2, -0.15) is 5.48 Å². The third kappa shape index (κ3) is 5.59. The summed E-state index contributed by atoms with van der Waals surface area (Å²) in [5.74, 6) is 0. The summed E-state index contributed by atoms with van der Waals surface area (Å²) in [6.45, 7) is 1.32. The van der Waals surface area contributed by atoms with Crippen molar-refractivity contribution in [3.8, 4) is 0 Å². The van der Waals surface area contributed by atoms with Crippen LogP contribution in [-0.2, 0) is 18.0 Å². The normalized spacial score (nSPS) is 9.44. The smallest absolute Gasteiger partial charge is 0.0933 e. The maximum absolute atomic E-state index is 7.00. The van der Waals surface area contributed by atoms with Crippen LogP contribution in [0.5, 0.6) is 0 Å². The SMILES string of the molecule is CO.c1ccc(CNOCc2ccccc2)cc1. The zero-order valence-corrected chi connectivity index (χ0v) is 10.5. The maximum Gasteiger partial charge on any atom is 0.0933 e. The van der Waals surface area contributed by atoms with Crippen LogP contribution in [0.1, 0.15) is 11.1 Å². The van der Waals surface area contributed by atoms with Crippen molar-refractivity contribution in [2.75, 3.05) is 7.11 Å². The van der Waals surface area contributed by atoms with Gasteiger partial charge in [-0.3, -0.25) is 4.84 Å². The molecule has 0 aliphatic rings. The Bertz CT molecular complexity index is 362. The molecule has 0 radical (unpaired) electrons. The lowest BCUT2D eigenvalue weighted by atomic mass is 10.2. The van der Waals surface area contributed by atoms with Crippen LogP contribution in [0.15, 0.2) is 60.7 Å². The van der Waals surface area contributed by atoms with Gasteiger partial charge >= 0.3 is 0 Å². The minimum atomic E-state index is 0.591. The van der Waals surface area contributed by atoms with Crippen molar-refractivity contribution in [1.82, 2.24) is 5.48 Å². The highest BCUT2D eigenvalue weighted by molar-refractivity contribution is 5.14. The van der Waals surface area contributed by atoms with E-state index in [0.29, 0.717) is 6.61 Å². The van der Waals surface area contributed by atoms with Crippen molar-refractivity contribution < 1.29 is 9.94 Å². The number of nitrogens with one attached hydrogen (secondary N) is 1. The summed E-state index contributed by atoms with van der Waals surface area (Å²) in [5, 5.41) is 7.00. The number of aliphatic hydroxyl groups excluding tert-OH is 1. The molecule has 0 atom stereocenters. The molecule has 2 rings (SSSR count). The van der Waals surface area contributed by atoms with Gasteiger partial charge in [0.2, 0.25) is 0 Å². The van der Waals surface area contributed by atoms with Crippen LogP contribution in [0.2, 0.25) is 0 Å². The molecule has 0 saturated heterocycles. The Labute approximate surface area is 108 Å². The first-order valence-electron chi connectivity index (χ1n) is 5.82. The molecule has 3 heteroatoms. The molecule has 2 aromatic rings. The summed E-state index contributed by atoms with van der Waals surface area (Å²) < 4.78 is 0. The molecule has 0 fully saturated rings. The maximum atomic E-state index is 7.00. The van der Waals surface area contributed by atoms with Crippen LogP contribution in [0.3, 0.4) is 0 Å². The van der Waals surface area contributed by atoms with E-state index in [4.69, 9.17) is 9.94 Å². The van der Waals surface area contributed by atoms with Gasteiger partial charge in [-0.1, -0.05) is 60.7 Å². The first-order valence-corrected chi connectivity index (χ1v) is 5.82. The van der Waals surface area contributed by atoms with Gasteiger partial charge in [0.1, 0.15) is 0 Å². The largest absolute Gasteiger partial charge is 0.400 e. The quantitative estimate of drug-likeness (QED) is 0.628. The Morgan fingerprint density at radius 3 is 1.89 bits per heavy atom. The van der Waals surface area contributed by atoms with Gasteiger partial charge in [0.25, 0.3) is 0 Å². The van der Waals surface area contributed by atoms with E-state index < -0.39 is 0 Å². The Kier molecular flexibility index (Phi) is 7.48. The second kappa shape index (κ2) is 9.36. The van der Waals surface area contributed by atoms with E-state index in [0.717, 1.165) is 13.7 Å². The van der Waals surface area contributed by atoms with E-state index in [9.17, 15) is 0 Å². The third-order valence-corrected chi connectivity index (χ3v) is 2.30. The summed E-state index contributed by atoms with van der Waals surface area (Å²) in [4.78, 5) is 5.37. The lowest BCUT2D eigenvalue weighted by Crippen LogP contribution is -2.13. The number of hydroxylamine groups is 1. The number of benzene rings is 2. The topological polar surface area (TPSA) is 41.5 Å². The molecule has 2 aromatic carbocycles. The van der Waals surface area contributed by atoms with E-state index in [1.54, 1.807) is 0 Å². The standard InChI is InChI=1S/C14H15NO.CH4O/c1-3-7-13(8-4-1)11-15-16-12-14-9-5-2-6-10-14;1-2/h1-10,15H,11-12H2;2H,1H3. The molecule has 0 aromatic heterocycles. The van der Waals surface area contributed by atoms with Crippen molar-refractivity contribution >= 4 is 0 Å². The molecule has 2 N–H and O–H groups in total. The van der Waals surface area contributed by atoms with Gasteiger partial charge in [0.05, 0.1) is 6.61 Å². The molecule has 3 nitrogen and oxygen atoms in total. The fourth-order valence-electron chi connectivity index (χ4n) is 1.44. The number of rotatable bonds is 5. The molecule has 0 heterocycles. The monoisotopic (exact) mass is 245 g/mol. The molecule has 0 bridgehead atoms. The Balaban J connectivity index is 0.000000771. The summed E-state index contributed by atoms with van der Waals surface area (Å²) in [6, 6.07) is 20.3. The van der Waals surface area contributed by atoms with Crippen LogP contribution < -0.4 is 5.48 Å². The highest BCUT2D eigenvalue weighted by atomic mass is 16.6. The average Bonchev–Trinajstić information content (AvgIpc) is 2.48. The van der Waals surface area contributed by atoms with Crippen molar-refractivity contribution in [1.29, 1.82) is 0 Å². The fraction of sp³-hybridized carbons (Fsp3) is 0.200. The van der Waals surface area contributed by atoms with Crippen LogP contribution in [-0.4, -0.2) is 12.2 Å². The van der Waals surface area contributed by atoms with Crippen LogP contribution in [0.25, 0.3) is 0 Å². The summed E-state index contributed by atoms with van der Waals surface area (Å²) in [6.07, 6.45) is 0. The summed E-state index contributed by atoms with van der Waals surface area (Å²) in [7, 11) is 1.00. The molecule has 0 amide bonds. The molecular weight excluding hydrogens is 226 g/mol. The Hall–Kier alpha value is -1.68. The highest BCUT2D eigenvalue weighted by Crippen LogP contribution is 2.00. The first kappa shape index (κ1) is 14.4. The lowest BCUT2D eigenvalue weighted by molar-refractivity contribution is 0.0235. The van der Waals surface area contributed by atoms with Crippen LogP contribution in [0.4, 0.5) is 0 Å². The van der Waals surface area contributed by atoms with Crippen LogP contribution in [0, 0.1) is 0 Å². The van der Waals surface area contributed by atoms with Gasteiger partial charge < -0.3 is 5.11 Å². The third-order valence-electron chi connectivity index (χ3n) is 2.30.